The number of rotatable bonds is 7. The minimum absolute atomic E-state index is 0.126. The fourth-order valence-corrected chi connectivity index (χ4v) is 2.66. The van der Waals surface area contributed by atoms with E-state index in [1.54, 1.807) is 25.3 Å². The molecule has 3 aromatic carbocycles. The molecule has 0 N–H and O–H groups in total. The highest BCUT2D eigenvalue weighted by Crippen LogP contribution is 2.40. The van der Waals surface area contributed by atoms with Gasteiger partial charge < -0.3 is 9.47 Å². The summed E-state index contributed by atoms with van der Waals surface area (Å²) in [7, 11) is 0. The molecular weight excluding hydrogens is 413 g/mol. The van der Waals surface area contributed by atoms with E-state index in [9.17, 15) is 23.3 Å². The number of halogens is 3. The molecule has 0 radical (unpaired) electrons. The first kappa shape index (κ1) is 21.8. The lowest BCUT2D eigenvalue weighted by Crippen LogP contribution is -2.06. The highest BCUT2D eigenvalue weighted by molar-refractivity contribution is 5.83. The van der Waals surface area contributed by atoms with Gasteiger partial charge in [-0.15, -0.1) is 0 Å². The number of nitro groups is 1. The van der Waals surface area contributed by atoms with Crippen LogP contribution in [0.1, 0.15) is 18.1 Å². The molecule has 0 aliphatic heterocycles. The zero-order chi connectivity index (χ0) is 22.4. The topological polar surface area (TPSA) is 74.0 Å². The number of nitro benzene ring substituents is 1. The lowest BCUT2D eigenvalue weighted by Gasteiger charge is -2.13. The second kappa shape index (κ2) is 9.29. The second-order valence-corrected chi connectivity index (χ2v) is 6.27. The van der Waals surface area contributed by atoms with Crippen molar-refractivity contribution in [2.45, 2.75) is 13.1 Å². The molecular formula is C22H17F3N2O4. The van der Waals surface area contributed by atoms with Crippen LogP contribution in [0.2, 0.25) is 0 Å². The first-order valence-electron chi connectivity index (χ1n) is 9.17. The van der Waals surface area contributed by atoms with Crippen LogP contribution in [0.3, 0.4) is 0 Å². The van der Waals surface area contributed by atoms with Gasteiger partial charge in [0.15, 0.2) is 11.5 Å². The molecule has 3 rings (SSSR count). The maximum atomic E-state index is 12.9. The monoisotopic (exact) mass is 430 g/mol. The highest BCUT2D eigenvalue weighted by atomic mass is 19.4. The molecule has 0 fully saturated rings. The summed E-state index contributed by atoms with van der Waals surface area (Å²) in [6.07, 6.45) is -3.10. The van der Waals surface area contributed by atoms with E-state index in [0.29, 0.717) is 11.6 Å². The van der Waals surface area contributed by atoms with Crippen LogP contribution in [-0.2, 0) is 6.18 Å². The molecule has 0 bridgehead atoms. The van der Waals surface area contributed by atoms with Crippen molar-refractivity contribution in [2.24, 2.45) is 4.99 Å². The van der Waals surface area contributed by atoms with Gasteiger partial charge in [0.1, 0.15) is 0 Å². The minimum Gasteiger partial charge on any atom is -0.490 e. The van der Waals surface area contributed by atoms with E-state index in [2.05, 4.69) is 4.99 Å². The van der Waals surface area contributed by atoms with Crippen molar-refractivity contribution >= 4 is 17.6 Å². The van der Waals surface area contributed by atoms with Gasteiger partial charge in [-0.3, -0.25) is 15.1 Å². The molecule has 3 aromatic rings. The van der Waals surface area contributed by atoms with Crippen LogP contribution in [0.25, 0.3) is 0 Å². The molecule has 6 nitrogen and oxygen atoms in total. The molecule has 0 spiro atoms. The molecule has 160 valence electrons. The third-order valence-corrected chi connectivity index (χ3v) is 4.09. The van der Waals surface area contributed by atoms with Gasteiger partial charge >= 0.3 is 11.9 Å². The van der Waals surface area contributed by atoms with Crippen LogP contribution in [0.4, 0.5) is 24.5 Å². The summed E-state index contributed by atoms with van der Waals surface area (Å²) in [4.78, 5) is 14.7. The molecule has 9 heteroatoms. The molecule has 0 saturated carbocycles. The number of aliphatic imine (C=N–C) groups is 1. The average Bonchev–Trinajstić information content (AvgIpc) is 2.74. The quantitative estimate of drug-likeness (QED) is 0.242. The van der Waals surface area contributed by atoms with Crippen LogP contribution in [0.15, 0.2) is 71.7 Å². The first-order chi connectivity index (χ1) is 14.8. The van der Waals surface area contributed by atoms with Gasteiger partial charge in [0.05, 0.1) is 22.8 Å². The molecule has 0 saturated heterocycles. The number of nitrogens with zero attached hydrogens (tertiary/aromatic N) is 2. The van der Waals surface area contributed by atoms with E-state index in [0.717, 1.165) is 17.8 Å². The summed E-state index contributed by atoms with van der Waals surface area (Å²) in [6.45, 7) is 2.03. The fourth-order valence-electron chi connectivity index (χ4n) is 2.66. The average molecular weight is 430 g/mol. The number of alkyl halides is 3. The van der Waals surface area contributed by atoms with Crippen molar-refractivity contribution in [1.82, 2.24) is 0 Å². The summed E-state index contributed by atoms with van der Waals surface area (Å²) in [5, 5.41) is 11.3. The van der Waals surface area contributed by atoms with Crippen LogP contribution in [0.5, 0.6) is 17.2 Å². The van der Waals surface area contributed by atoms with Gasteiger partial charge in [0.25, 0.3) is 0 Å². The SMILES string of the molecule is CCOc1cc(C=Nc2ccccc2)ccc1Oc1ccc(C(F)(F)F)cc1[N+](=O)[O-]. The summed E-state index contributed by atoms with van der Waals surface area (Å²) in [5.41, 5.74) is -0.501. The third kappa shape index (κ3) is 5.59. The molecule has 31 heavy (non-hydrogen) atoms. The van der Waals surface area contributed by atoms with Crippen LogP contribution in [0, 0.1) is 10.1 Å². The standard InChI is InChI=1S/C22H17F3N2O4/c1-2-30-21-12-15(14-26-17-6-4-3-5-7-17)8-10-20(21)31-19-11-9-16(22(23,24)25)13-18(19)27(28)29/h3-14H,2H2,1H3. The van der Waals surface area contributed by atoms with Gasteiger partial charge in [-0.1, -0.05) is 18.2 Å². The number of ether oxygens (including phenoxy) is 2. The normalized spacial score (nSPS) is 11.5. The van der Waals surface area contributed by atoms with E-state index in [1.807, 2.05) is 30.3 Å². The number of para-hydroxylation sites is 1. The van der Waals surface area contributed by atoms with E-state index >= 15 is 0 Å². The summed E-state index contributed by atoms with van der Waals surface area (Å²) >= 11 is 0. The smallest absolute Gasteiger partial charge is 0.416 e. The zero-order valence-corrected chi connectivity index (χ0v) is 16.3. The van der Waals surface area contributed by atoms with Crippen molar-refractivity contribution in [2.75, 3.05) is 6.61 Å². The van der Waals surface area contributed by atoms with Crippen molar-refractivity contribution in [3.8, 4) is 17.2 Å². The molecule has 0 aromatic heterocycles. The Kier molecular flexibility index (Phi) is 6.54. The van der Waals surface area contributed by atoms with Crippen LogP contribution in [-0.4, -0.2) is 17.7 Å². The minimum atomic E-state index is -4.71. The molecule has 0 amide bonds. The van der Waals surface area contributed by atoms with Crippen LogP contribution >= 0.6 is 0 Å². The van der Waals surface area contributed by atoms with E-state index in [4.69, 9.17) is 9.47 Å². The summed E-state index contributed by atoms with van der Waals surface area (Å²) in [6, 6.07) is 16.1. The van der Waals surface area contributed by atoms with Crippen molar-refractivity contribution in [1.29, 1.82) is 0 Å². The van der Waals surface area contributed by atoms with E-state index in [1.165, 1.54) is 6.07 Å². The Bertz CT molecular complexity index is 1100. The van der Waals surface area contributed by atoms with Gasteiger partial charge in [0.2, 0.25) is 5.75 Å². The van der Waals surface area contributed by atoms with Gasteiger partial charge in [-0.05, 0) is 55.0 Å². The van der Waals surface area contributed by atoms with Crippen molar-refractivity contribution in [3.63, 3.8) is 0 Å². The van der Waals surface area contributed by atoms with Gasteiger partial charge in [-0.2, -0.15) is 13.2 Å². The summed E-state index contributed by atoms with van der Waals surface area (Å²) < 4.78 is 49.8. The van der Waals surface area contributed by atoms with E-state index < -0.39 is 22.4 Å². The molecule has 0 unspecified atom stereocenters. The molecule has 0 heterocycles. The third-order valence-electron chi connectivity index (χ3n) is 4.09. The fraction of sp³-hybridized carbons (Fsp3) is 0.136. The van der Waals surface area contributed by atoms with Crippen LogP contribution < -0.4 is 9.47 Å². The Morgan fingerprint density at radius 3 is 2.35 bits per heavy atom. The Balaban J connectivity index is 1.92. The predicted molar refractivity (Wildman–Crippen MR) is 109 cm³/mol. The molecule has 0 aliphatic rings. The zero-order valence-electron chi connectivity index (χ0n) is 16.3. The lowest BCUT2D eigenvalue weighted by molar-refractivity contribution is -0.385. The second-order valence-electron chi connectivity index (χ2n) is 6.27. The Morgan fingerprint density at radius 2 is 1.71 bits per heavy atom. The first-order valence-corrected chi connectivity index (χ1v) is 9.17. The largest absolute Gasteiger partial charge is 0.490 e. The van der Waals surface area contributed by atoms with Gasteiger partial charge in [-0.25, -0.2) is 0 Å². The number of hydrogen-bond donors (Lipinski definition) is 0. The molecule has 0 atom stereocenters. The van der Waals surface area contributed by atoms with Gasteiger partial charge in [0, 0.05) is 12.3 Å². The van der Waals surface area contributed by atoms with Crippen molar-refractivity contribution < 1.29 is 27.6 Å². The number of hydrogen-bond acceptors (Lipinski definition) is 5. The predicted octanol–water partition coefficient (Wildman–Crippen LogP) is 6.56. The lowest BCUT2D eigenvalue weighted by atomic mass is 10.1. The maximum Gasteiger partial charge on any atom is 0.416 e. The van der Waals surface area contributed by atoms with Crippen molar-refractivity contribution in [3.05, 3.63) is 88.0 Å². The maximum absolute atomic E-state index is 12.9. The molecule has 0 aliphatic carbocycles. The number of benzene rings is 3. The summed E-state index contributed by atoms with van der Waals surface area (Å²) in [5.74, 6) is 0.0694. The highest BCUT2D eigenvalue weighted by Gasteiger charge is 2.33. The Morgan fingerprint density at radius 1 is 1.00 bits per heavy atom. The Hall–Kier alpha value is -3.88. The van der Waals surface area contributed by atoms with E-state index in [-0.39, 0.29) is 23.9 Å². The Labute approximate surface area is 175 Å².